The van der Waals surface area contributed by atoms with Crippen LogP contribution in [0.2, 0.25) is 0 Å². The van der Waals surface area contributed by atoms with E-state index in [0.717, 1.165) is 29.1 Å². The quantitative estimate of drug-likeness (QED) is 0.514. The molecule has 1 saturated heterocycles. The van der Waals surface area contributed by atoms with Crippen molar-refractivity contribution in [1.29, 1.82) is 0 Å². The number of nitrogens with zero attached hydrogens (tertiary/aromatic N) is 5. The van der Waals surface area contributed by atoms with E-state index in [4.69, 9.17) is 9.84 Å². The molecule has 4 aromatic rings. The normalized spacial score (nSPS) is 16.2. The van der Waals surface area contributed by atoms with E-state index < -0.39 is 0 Å². The molecule has 2 amide bonds. The summed E-state index contributed by atoms with van der Waals surface area (Å²) in [6.07, 6.45) is 6.86. The smallest absolute Gasteiger partial charge is 0.323 e. The van der Waals surface area contributed by atoms with Crippen molar-refractivity contribution >= 4 is 28.7 Å². The Hall–Kier alpha value is -3.98. The number of urea groups is 1. The second-order valence-electron chi connectivity index (χ2n) is 7.62. The Morgan fingerprint density at radius 1 is 1.06 bits per heavy atom. The topological polar surface area (TPSA) is 96.7 Å². The maximum atomic E-state index is 12.2. The highest BCUT2D eigenvalue weighted by atomic mass is 16.5. The van der Waals surface area contributed by atoms with E-state index in [0.29, 0.717) is 24.6 Å². The number of hydrogen-bond donors (Lipinski definition) is 2. The third kappa shape index (κ3) is 4.10. The summed E-state index contributed by atoms with van der Waals surface area (Å²) in [6, 6.07) is 13.1. The predicted octanol–water partition coefficient (Wildman–Crippen LogP) is 3.66. The summed E-state index contributed by atoms with van der Waals surface area (Å²) < 4.78 is 7.40. The molecule has 0 bridgehead atoms. The van der Waals surface area contributed by atoms with E-state index in [1.165, 1.54) is 0 Å². The maximum absolute atomic E-state index is 12.2. The van der Waals surface area contributed by atoms with Crippen LogP contribution < -0.4 is 15.5 Å². The summed E-state index contributed by atoms with van der Waals surface area (Å²) in [5, 5.41) is 10.3. The van der Waals surface area contributed by atoms with Crippen LogP contribution in [0.15, 0.2) is 67.3 Å². The van der Waals surface area contributed by atoms with Crippen molar-refractivity contribution < 1.29 is 9.53 Å². The van der Waals surface area contributed by atoms with Gasteiger partial charge in [0.05, 0.1) is 24.6 Å². The number of carbonyl (C=O) groups is 1. The average Bonchev–Trinajstić information content (AvgIpc) is 3.29. The van der Waals surface area contributed by atoms with E-state index in [2.05, 4.69) is 38.5 Å². The van der Waals surface area contributed by atoms with Gasteiger partial charge < -0.3 is 20.3 Å². The van der Waals surface area contributed by atoms with E-state index >= 15 is 0 Å². The zero-order valence-electron chi connectivity index (χ0n) is 17.6. The Labute approximate surface area is 185 Å². The first-order valence-corrected chi connectivity index (χ1v) is 10.4. The van der Waals surface area contributed by atoms with Crippen LogP contribution in [0.3, 0.4) is 0 Å². The second-order valence-corrected chi connectivity index (χ2v) is 7.62. The lowest BCUT2D eigenvalue weighted by Crippen LogP contribution is -2.44. The molecule has 9 nitrogen and oxygen atoms in total. The highest BCUT2D eigenvalue weighted by Gasteiger charge is 2.23. The van der Waals surface area contributed by atoms with Gasteiger partial charge in [-0.05, 0) is 37.3 Å². The summed E-state index contributed by atoms with van der Waals surface area (Å²) in [6.45, 7) is 4.34. The number of rotatable bonds is 4. The number of nitrogens with one attached hydrogen (secondary N) is 2. The van der Waals surface area contributed by atoms with Crippen molar-refractivity contribution in [3.8, 4) is 11.3 Å². The second kappa shape index (κ2) is 8.64. The Balaban J connectivity index is 1.38. The highest BCUT2D eigenvalue weighted by Crippen LogP contribution is 2.29. The molecule has 1 aliphatic rings. The fourth-order valence-electron chi connectivity index (χ4n) is 3.79. The standard InChI is InChI=1S/C23H23N7O2/c1-16-15-32-13-12-29(16)21-14-20(28-30-11-10-25-22(21)30)17-2-4-18(5-3-17)26-23(31)27-19-6-8-24-9-7-19/h2-11,14,16H,12-13,15H2,1H3,(H2,24,26,27,31). The van der Waals surface area contributed by atoms with Crippen LogP contribution >= 0.6 is 0 Å². The van der Waals surface area contributed by atoms with Gasteiger partial charge in [-0.15, -0.1) is 0 Å². The summed E-state index contributed by atoms with van der Waals surface area (Å²) >= 11 is 0. The number of pyridine rings is 1. The lowest BCUT2D eigenvalue weighted by molar-refractivity contribution is 0.0990. The zero-order chi connectivity index (χ0) is 21.9. The maximum Gasteiger partial charge on any atom is 0.323 e. The molecule has 32 heavy (non-hydrogen) atoms. The molecule has 0 saturated carbocycles. The van der Waals surface area contributed by atoms with Crippen molar-refractivity contribution in [1.82, 2.24) is 19.6 Å². The Morgan fingerprint density at radius 3 is 2.56 bits per heavy atom. The van der Waals surface area contributed by atoms with Gasteiger partial charge in [-0.2, -0.15) is 5.10 Å². The molecule has 0 spiro atoms. The number of fused-ring (bicyclic) bond motifs is 1. The fraction of sp³-hybridized carbons (Fsp3) is 0.217. The lowest BCUT2D eigenvalue weighted by atomic mass is 10.1. The first-order valence-electron chi connectivity index (χ1n) is 10.4. The van der Waals surface area contributed by atoms with E-state index in [9.17, 15) is 4.79 Å². The number of imidazole rings is 1. The lowest BCUT2D eigenvalue weighted by Gasteiger charge is -2.35. The van der Waals surface area contributed by atoms with Crippen LogP contribution in [0, 0.1) is 0 Å². The summed E-state index contributed by atoms with van der Waals surface area (Å²) in [7, 11) is 0. The van der Waals surface area contributed by atoms with Gasteiger partial charge in [-0.25, -0.2) is 14.3 Å². The highest BCUT2D eigenvalue weighted by molar-refractivity contribution is 5.99. The number of morpholine rings is 1. The predicted molar refractivity (Wildman–Crippen MR) is 123 cm³/mol. The van der Waals surface area contributed by atoms with Crippen LogP contribution in [0.4, 0.5) is 21.9 Å². The van der Waals surface area contributed by atoms with Crippen LogP contribution in [0.5, 0.6) is 0 Å². The van der Waals surface area contributed by atoms with Gasteiger partial charge in [0.1, 0.15) is 0 Å². The molecule has 1 unspecified atom stereocenters. The third-order valence-corrected chi connectivity index (χ3v) is 5.39. The number of benzene rings is 1. The van der Waals surface area contributed by atoms with Gasteiger partial charge in [-0.3, -0.25) is 4.98 Å². The fourth-order valence-corrected chi connectivity index (χ4v) is 3.79. The molecule has 2 N–H and O–H groups in total. The van der Waals surface area contributed by atoms with Gasteiger partial charge in [0.15, 0.2) is 5.65 Å². The first kappa shape index (κ1) is 20.0. The van der Waals surface area contributed by atoms with Gasteiger partial charge >= 0.3 is 6.03 Å². The Kier molecular flexibility index (Phi) is 5.39. The summed E-state index contributed by atoms with van der Waals surface area (Å²) in [4.78, 5) is 23.0. The van der Waals surface area contributed by atoms with Crippen LogP contribution in [0.1, 0.15) is 6.92 Å². The number of anilines is 3. The zero-order valence-corrected chi connectivity index (χ0v) is 17.6. The minimum absolute atomic E-state index is 0.255. The molecular formula is C23H23N7O2. The number of ether oxygens (including phenoxy) is 1. The molecule has 162 valence electrons. The first-order chi connectivity index (χ1) is 15.7. The van der Waals surface area contributed by atoms with Crippen molar-refractivity contribution in [2.45, 2.75) is 13.0 Å². The minimum Gasteiger partial charge on any atom is -0.377 e. The van der Waals surface area contributed by atoms with E-state index in [1.807, 2.05) is 30.5 Å². The molecule has 1 aliphatic heterocycles. The molecule has 3 aromatic heterocycles. The minimum atomic E-state index is -0.314. The molecular weight excluding hydrogens is 406 g/mol. The van der Waals surface area contributed by atoms with Gasteiger partial charge in [0.25, 0.3) is 0 Å². The molecule has 1 fully saturated rings. The van der Waals surface area contributed by atoms with E-state index in [1.54, 1.807) is 35.2 Å². The van der Waals surface area contributed by atoms with Crippen molar-refractivity contribution in [2.24, 2.45) is 0 Å². The number of hydrogen-bond acceptors (Lipinski definition) is 6. The SMILES string of the molecule is CC1COCCN1c1cc(-c2ccc(NC(=O)Nc3ccncc3)cc2)nn2ccnc12. The Bertz CT molecular complexity index is 1220. The van der Waals surface area contributed by atoms with Crippen molar-refractivity contribution in [3.63, 3.8) is 0 Å². The summed E-state index contributed by atoms with van der Waals surface area (Å²) in [5.41, 5.74) is 5.01. The van der Waals surface area contributed by atoms with Gasteiger partial charge in [0.2, 0.25) is 0 Å². The van der Waals surface area contributed by atoms with Crippen LogP contribution in [-0.2, 0) is 4.74 Å². The molecule has 1 aromatic carbocycles. The van der Waals surface area contributed by atoms with E-state index in [-0.39, 0.29) is 12.1 Å². The van der Waals surface area contributed by atoms with Crippen LogP contribution in [0.25, 0.3) is 16.9 Å². The monoisotopic (exact) mass is 429 g/mol. The Morgan fingerprint density at radius 2 is 1.81 bits per heavy atom. The molecule has 0 aliphatic carbocycles. The number of carbonyl (C=O) groups excluding carboxylic acids is 1. The van der Waals surface area contributed by atoms with Gasteiger partial charge in [-0.1, -0.05) is 12.1 Å². The van der Waals surface area contributed by atoms with Crippen molar-refractivity contribution in [2.75, 3.05) is 35.3 Å². The van der Waals surface area contributed by atoms with Crippen molar-refractivity contribution in [3.05, 3.63) is 67.3 Å². The molecule has 9 heteroatoms. The molecule has 4 heterocycles. The van der Waals surface area contributed by atoms with Crippen LogP contribution in [-0.4, -0.2) is 51.4 Å². The number of amides is 2. The summed E-state index contributed by atoms with van der Waals surface area (Å²) in [5.74, 6) is 0. The largest absolute Gasteiger partial charge is 0.377 e. The molecule has 5 rings (SSSR count). The molecule has 0 radical (unpaired) electrons. The average molecular weight is 429 g/mol. The third-order valence-electron chi connectivity index (χ3n) is 5.39. The number of aromatic nitrogens is 4. The molecule has 1 atom stereocenters. The van der Waals surface area contributed by atoms with Gasteiger partial charge in [0, 0.05) is 54.3 Å².